The predicted molar refractivity (Wildman–Crippen MR) is 85.0 cm³/mol. The summed E-state index contributed by atoms with van der Waals surface area (Å²) in [5.74, 6) is 0. The van der Waals surface area contributed by atoms with Crippen LogP contribution in [0.4, 0.5) is 11.4 Å². The number of aryl methyl sites for hydroxylation is 1. The van der Waals surface area contributed by atoms with Crippen LogP contribution in [0.1, 0.15) is 25.0 Å². The molecule has 1 saturated carbocycles. The molecule has 0 radical (unpaired) electrons. The summed E-state index contributed by atoms with van der Waals surface area (Å²) >= 11 is 0. The predicted octanol–water partition coefficient (Wildman–Crippen LogP) is 3.03. The highest BCUT2D eigenvalue weighted by Crippen LogP contribution is 2.48. The molecule has 0 atom stereocenters. The number of nitro benzene ring substituents is 1. The third kappa shape index (κ3) is 2.74. The van der Waals surface area contributed by atoms with Crippen molar-refractivity contribution in [2.24, 2.45) is 5.41 Å². The molecule has 3 rings (SSSR count). The van der Waals surface area contributed by atoms with Gasteiger partial charge in [0.15, 0.2) is 5.52 Å². The second kappa shape index (κ2) is 5.53. The molecular weight excluding hydrogens is 282 g/mol. The van der Waals surface area contributed by atoms with E-state index >= 15 is 0 Å². The van der Waals surface area contributed by atoms with Crippen LogP contribution in [-0.4, -0.2) is 28.2 Å². The van der Waals surface area contributed by atoms with Crippen molar-refractivity contribution in [3.05, 3.63) is 40.1 Å². The smallest absolute Gasteiger partial charge is 0.295 e. The topological polar surface area (TPSA) is 88.3 Å². The third-order valence-electron chi connectivity index (χ3n) is 4.40. The second-order valence-corrected chi connectivity index (χ2v) is 6.07. The Bertz CT molecular complexity index is 726. The zero-order valence-electron chi connectivity index (χ0n) is 12.5. The minimum atomic E-state index is -0.396. The van der Waals surface area contributed by atoms with Crippen LogP contribution in [0.5, 0.6) is 0 Å². The van der Waals surface area contributed by atoms with Crippen LogP contribution in [0.2, 0.25) is 0 Å². The summed E-state index contributed by atoms with van der Waals surface area (Å²) in [5, 5.41) is 24.5. The van der Waals surface area contributed by atoms with Crippen LogP contribution in [0.25, 0.3) is 10.9 Å². The fraction of sp³-hybridized carbons (Fsp3) is 0.438. The van der Waals surface area contributed by atoms with Crippen molar-refractivity contribution in [3.63, 3.8) is 0 Å². The van der Waals surface area contributed by atoms with E-state index in [1.807, 2.05) is 19.1 Å². The number of hydrogen-bond acceptors (Lipinski definition) is 5. The molecule has 1 fully saturated rings. The maximum Gasteiger partial charge on any atom is 0.295 e. The zero-order chi connectivity index (χ0) is 15.7. The van der Waals surface area contributed by atoms with Gasteiger partial charge < -0.3 is 10.4 Å². The molecule has 6 nitrogen and oxygen atoms in total. The van der Waals surface area contributed by atoms with Crippen LogP contribution in [0.3, 0.4) is 0 Å². The monoisotopic (exact) mass is 301 g/mol. The van der Waals surface area contributed by atoms with Gasteiger partial charge in [-0.3, -0.25) is 10.1 Å². The van der Waals surface area contributed by atoms with Crippen molar-refractivity contribution in [1.29, 1.82) is 0 Å². The standard InChI is InChI=1S/C16H19N3O3/c1-11-9-13(17-10-16(5-6-16)7-8-20)12-3-2-4-14(19(21)22)15(12)18-11/h2-4,9,20H,5-8,10H2,1H3,(H,17,18). The Morgan fingerprint density at radius 3 is 2.86 bits per heavy atom. The van der Waals surface area contributed by atoms with E-state index in [-0.39, 0.29) is 17.7 Å². The molecule has 1 aromatic heterocycles. The molecular formula is C16H19N3O3. The zero-order valence-corrected chi connectivity index (χ0v) is 12.5. The Balaban J connectivity index is 1.96. The van der Waals surface area contributed by atoms with E-state index in [4.69, 9.17) is 5.11 Å². The summed E-state index contributed by atoms with van der Waals surface area (Å²) in [7, 11) is 0. The molecule has 1 heterocycles. The number of aliphatic hydroxyl groups excluding tert-OH is 1. The number of anilines is 1. The van der Waals surface area contributed by atoms with Crippen molar-refractivity contribution in [2.45, 2.75) is 26.2 Å². The average Bonchev–Trinajstić information content (AvgIpc) is 3.24. The van der Waals surface area contributed by atoms with Gasteiger partial charge in [-0.2, -0.15) is 0 Å². The van der Waals surface area contributed by atoms with Gasteiger partial charge >= 0.3 is 0 Å². The number of aromatic nitrogens is 1. The number of benzene rings is 1. The van der Waals surface area contributed by atoms with E-state index in [1.165, 1.54) is 6.07 Å². The summed E-state index contributed by atoms with van der Waals surface area (Å²) in [6, 6.07) is 6.93. The van der Waals surface area contributed by atoms with Crippen molar-refractivity contribution in [1.82, 2.24) is 4.98 Å². The molecule has 22 heavy (non-hydrogen) atoms. The first-order valence-electron chi connectivity index (χ1n) is 7.44. The van der Waals surface area contributed by atoms with Gasteiger partial charge in [0.1, 0.15) is 0 Å². The third-order valence-corrected chi connectivity index (χ3v) is 4.40. The Labute approximate surface area is 128 Å². The summed E-state index contributed by atoms with van der Waals surface area (Å²) in [4.78, 5) is 15.1. The van der Waals surface area contributed by atoms with E-state index in [1.54, 1.807) is 6.07 Å². The summed E-state index contributed by atoms with van der Waals surface area (Å²) in [5.41, 5.74) is 2.24. The number of pyridine rings is 1. The molecule has 0 saturated heterocycles. The minimum absolute atomic E-state index is 0.0285. The molecule has 1 aliphatic rings. The van der Waals surface area contributed by atoms with Gasteiger partial charge in [-0.15, -0.1) is 0 Å². The number of aliphatic hydroxyl groups is 1. The number of hydrogen-bond donors (Lipinski definition) is 2. The van der Waals surface area contributed by atoms with Crippen molar-refractivity contribution in [2.75, 3.05) is 18.5 Å². The number of nitrogens with zero attached hydrogens (tertiary/aromatic N) is 2. The normalized spacial score (nSPS) is 15.7. The Morgan fingerprint density at radius 2 is 2.23 bits per heavy atom. The molecule has 0 spiro atoms. The van der Waals surface area contributed by atoms with Crippen molar-refractivity contribution in [3.8, 4) is 0 Å². The van der Waals surface area contributed by atoms with Crippen molar-refractivity contribution >= 4 is 22.3 Å². The lowest BCUT2D eigenvalue weighted by atomic mass is 10.0. The molecule has 1 aromatic carbocycles. The second-order valence-electron chi connectivity index (χ2n) is 6.07. The summed E-state index contributed by atoms with van der Waals surface area (Å²) < 4.78 is 0. The first-order valence-corrected chi connectivity index (χ1v) is 7.44. The quantitative estimate of drug-likeness (QED) is 0.632. The van der Waals surface area contributed by atoms with E-state index in [0.717, 1.165) is 42.6 Å². The number of nitro groups is 1. The van der Waals surface area contributed by atoms with E-state index < -0.39 is 4.92 Å². The van der Waals surface area contributed by atoms with Gasteiger partial charge in [0.25, 0.3) is 5.69 Å². The fourth-order valence-electron chi connectivity index (χ4n) is 2.87. The van der Waals surface area contributed by atoms with E-state index in [0.29, 0.717) is 5.52 Å². The lowest BCUT2D eigenvalue weighted by Crippen LogP contribution is -2.17. The summed E-state index contributed by atoms with van der Waals surface area (Å²) in [6.45, 7) is 2.81. The van der Waals surface area contributed by atoms with Crippen molar-refractivity contribution < 1.29 is 10.0 Å². The highest BCUT2D eigenvalue weighted by atomic mass is 16.6. The molecule has 0 aliphatic heterocycles. The Morgan fingerprint density at radius 1 is 1.45 bits per heavy atom. The van der Waals surface area contributed by atoms with Gasteiger partial charge in [-0.05, 0) is 37.7 Å². The number of non-ortho nitro benzene ring substituents is 1. The number of para-hydroxylation sites is 1. The van der Waals surface area contributed by atoms with Gasteiger partial charge in [0, 0.05) is 36.0 Å². The van der Waals surface area contributed by atoms with Gasteiger partial charge in [-0.25, -0.2) is 4.98 Å². The van der Waals surface area contributed by atoms with Crippen LogP contribution >= 0.6 is 0 Å². The number of rotatable bonds is 6. The van der Waals surface area contributed by atoms with E-state index in [2.05, 4.69) is 10.3 Å². The maximum atomic E-state index is 11.2. The Kier molecular flexibility index (Phi) is 3.70. The molecule has 6 heteroatoms. The van der Waals surface area contributed by atoms with Gasteiger partial charge in [0.2, 0.25) is 0 Å². The van der Waals surface area contributed by atoms with Gasteiger partial charge in [0.05, 0.1) is 4.92 Å². The van der Waals surface area contributed by atoms with Crippen LogP contribution in [0, 0.1) is 22.5 Å². The molecule has 2 N–H and O–H groups in total. The molecule has 1 aliphatic carbocycles. The first-order chi connectivity index (χ1) is 10.5. The van der Waals surface area contributed by atoms with Crippen LogP contribution in [0.15, 0.2) is 24.3 Å². The maximum absolute atomic E-state index is 11.2. The lowest BCUT2D eigenvalue weighted by Gasteiger charge is -2.17. The average molecular weight is 301 g/mol. The lowest BCUT2D eigenvalue weighted by molar-refractivity contribution is -0.383. The number of nitrogens with one attached hydrogen (secondary N) is 1. The van der Waals surface area contributed by atoms with Crippen LogP contribution < -0.4 is 5.32 Å². The summed E-state index contributed by atoms with van der Waals surface area (Å²) in [6.07, 6.45) is 3.02. The first kappa shape index (κ1) is 14.7. The molecule has 116 valence electrons. The SMILES string of the molecule is Cc1cc(NCC2(CCO)CC2)c2cccc([N+](=O)[O-])c2n1. The minimum Gasteiger partial charge on any atom is -0.396 e. The highest BCUT2D eigenvalue weighted by Gasteiger charge is 2.41. The van der Waals surface area contributed by atoms with Crippen LogP contribution in [-0.2, 0) is 0 Å². The molecule has 0 unspecified atom stereocenters. The van der Waals surface area contributed by atoms with E-state index in [9.17, 15) is 10.1 Å². The highest BCUT2D eigenvalue weighted by molar-refractivity contribution is 5.96. The largest absolute Gasteiger partial charge is 0.396 e. The molecule has 2 aromatic rings. The number of fused-ring (bicyclic) bond motifs is 1. The fourth-order valence-corrected chi connectivity index (χ4v) is 2.87. The van der Waals surface area contributed by atoms with Gasteiger partial charge in [-0.1, -0.05) is 12.1 Å². The molecule has 0 bridgehead atoms. The molecule has 0 amide bonds. The Hall–Kier alpha value is -2.21.